The van der Waals surface area contributed by atoms with Gasteiger partial charge in [-0.3, -0.25) is 9.69 Å². The summed E-state index contributed by atoms with van der Waals surface area (Å²) in [6.07, 6.45) is 9.85. The minimum atomic E-state index is 0.194. The first-order chi connectivity index (χ1) is 12.8. The van der Waals surface area contributed by atoms with Crippen molar-refractivity contribution in [3.8, 4) is 0 Å². The maximum atomic E-state index is 12.1. The van der Waals surface area contributed by atoms with Gasteiger partial charge < -0.3 is 10.1 Å². The van der Waals surface area contributed by atoms with Crippen LogP contribution >= 0.6 is 0 Å². The molecule has 4 heteroatoms. The molecule has 1 saturated carbocycles. The van der Waals surface area contributed by atoms with Crippen LogP contribution in [0.5, 0.6) is 0 Å². The molecule has 3 rings (SSSR count). The van der Waals surface area contributed by atoms with E-state index in [0.717, 1.165) is 45.2 Å². The van der Waals surface area contributed by atoms with Crippen molar-refractivity contribution in [1.29, 1.82) is 0 Å². The second-order valence-electron chi connectivity index (χ2n) is 7.88. The molecule has 1 amide bonds. The van der Waals surface area contributed by atoms with Gasteiger partial charge in [0.2, 0.25) is 5.91 Å². The predicted molar refractivity (Wildman–Crippen MR) is 105 cm³/mol. The lowest BCUT2D eigenvalue weighted by Crippen LogP contribution is -2.35. The first-order valence-electron chi connectivity index (χ1n) is 10.4. The molecule has 26 heavy (non-hydrogen) atoms. The Hall–Kier alpha value is -1.39. The summed E-state index contributed by atoms with van der Waals surface area (Å²) >= 11 is 0. The zero-order valence-electron chi connectivity index (χ0n) is 16.0. The average molecular weight is 359 g/mol. The number of hydrogen-bond acceptors (Lipinski definition) is 3. The first kappa shape index (κ1) is 19.4. The van der Waals surface area contributed by atoms with Gasteiger partial charge >= 0.3 is 0 Å². The highest BCUT2D eigenvalue weighted by molar-refractivity contribution is 5.75. The largest absolute Gasteiger partial charge is 0.379 e. The third-order valence-electron chi connectivity index (χ3n) is 5.73. The normalized spacial score (nSPS) is 19.4. The van der Waals surface area contributed by atoms with E-state index in [9.17, 15) is 4.79 Å². The zero-order chi connectivity index (χ0) is 18.0. The molecule has 2 fully saturated rings. The lowest BCUT2D eigenvalue weighted by molar-refractivity contribution is -0.121. The Labute approximate surface area is 158 Å². The van der Waals surface area contributed by atoms with Crippen LogP contribution < -0.4 is 5.32 Å². The minimum Gasteiger partial charge on any atom is -0.379 e. The Kier molecular flexibility index (Phi) is 7.96. The fourth-order valence-electron chi connectivity index (χ4n) is 4.17. The van der Waals surface area contributed by atoms with E-state index in [1.165, 1.54) is 49.7 Å². The van der Waals surface area contributed by atoms with Gasteiger partial charge in [0.25, 0.3) is 0 Å². The van der Waals surface area contributed by atoms with Crippen LogP contribution in [0.3, 0.4) is 0 Å². The molecule has 4 nitrogen and oxygen atoms in total. The van der Waals surface area contributed by atoms with Crippen molar-refractivity contribution < 1.29 is 9.53 Å². The second kappa shape index (κ2) is 10.7. The molecule has 0 bridgehead atoms. The van der Waals surface area contributed by atoms with Crippen molar-refractivity contribution in [2.45, 2.75) is 64.5 Å². The smallest absolute Gasteiger partial charge is 0.220 e. The highest BCUT2D eigenvalue weighted by atomic mass is 16.5. The summed E-state index contributed by atoms with van der Waals surface area (Å²) in [5, 5.41) is 3.10. The summed E-state index contributed by atoms with van der Waals surface area (Å²) < 4.78 is 5.41. The SMILES string of the molecule is O=C(CCCC1CCCCC1)NCc1cccc(CN2CCOCC2)c1. The lowest BCUT2D eigenvalue weighted by Gasteiger charge is -2.26. The summed E-state index contributed by atoms with van der Waals surface area (Å²) in [7, 11) is 0. The highest BCUT2D eigenvalue weighted by Crippen LogP contribution is 2.27. The fourth-order valence-corrected chi connectivity index (χ4v) is 4.17. The van der Waals surface area contributed by atoms with Crippen molar-refractivity contribution in [3.05, 3.63) is 35.4 Å². The molecular formula is C22H34N2O2. The molecule has 1 N–H and O–H groups in total. The summed E-state index contributed by atoms with van der Waals surface area (Å²) in [5.74, 6) is 1.06. The van der Waals surface area contributed by atoms with Gasteiger partial charge in [0.05, 0.1) is 13.2 Å². The second-order valence-corrected chi connectivity index (χ2v) is 7.88. The molecule has 0 atom stereocenters. The van der Waals surface area contributed by atoms with E-state index >= 15 is 0 Å². The number of carbonyl (C=O) groups is 1. The van der Waals surface area contributed by atoms with Gasteiger partial charge in [0.1, 0.15) is 0 Å². The molecule has 0 spiro atoms. The minimum absolute atomic E-state index is 0.194. The first-order valence-corrected chi connectivity index (χ1v) is 10.4. The average Bonchev–Trinajstić information content (AvgIpc) is 2.68. The van der Waals surface area contributed by atoms with E-state index in [0.29, 0.717) is 13.0 Å². The van der Waals surface area contributed by atoms with Crippen molar-refractivity contribution in [2.24, 2.45) is 5.92 Å². The number of ether oxygens (including phenoxy) is 1. The Balaban J connectivity index is 1.35. The molecule has 1 aliphatic carbocycles. The molecule has 2 aliphatic rings. The Morgan fingerprint density at radius 2 is 1.88 bits per heavy atom. The molecule has 1 aromatic carbocycles. The molecule has 1 aliphatic heterocycles. The Morgan fingerprint density at radius 3 is 2.69 bits per heavy atom. The standard InChI is InChI=1S/C22H34N2O2/c25-22(11-5-8-19-6-2-1-3-7-19)23-17-20-9-4-10-21(16-20)18-24-12-14-26-15-13-24/h4,9-10,16,19H,1-3,5-8,11-15,17-18H2,(H,23,25). The van der Waals surface area contributed by atoms with E-state index in [1.54, 1.807) is 0 Å². The van der Waals surface area contributed by atoms with Crippen molar-refractivity contribution in [2.75, 3.05) is 26.3 Å². The summed E-state index contributed by atoms with van der Waals surface area (Å²) in [6.45, 7) is 5.27. The van der Waals surface area contributed by atoms with Gasteiger partial charge in [-0.15, -0.1) is 0 Å². The molecule has 1 aromatic rings. The van der Waals surface area contributed by atoms with Crippen LogP contribution in [-0.2, 0) is 22.6 Å². The number of carbonyl (C=O) groups excluding carboxylic acids is 1. The molecule has 1 saturated heterocycles. The van der Waals surface area contributed by atoms with Crippen LogP contribution in [-0.4, -0.2) is 37.1 Å². The highest BCUT2D eigenvalue weighted by Gasteiger charge is 2.14. The number of nitrogens with zero attached hydrogens (tertiary/aromatic N) is 1. The number of hydrogen-bond donors (Lipinski definition) is 1. The Bertz CT molecular complexity index is 549. The quantitative estimate of drug-likeness (QED) is 0.767. The molecule has 0 radical (unpaired) electrons. The van der Waals surface area contributed by atoms with Gasteiger partial charge in [-0.2, -0.15) is 0 Å². The summed E-state index contributed by atoms with van der Waals surface area (Å²) in [5.41, 5.74) is 2.51. The zero-order valence-corrected chi connectivity index (χ0v) is 16.0. The maximum absolute atomic E-state index is 12.1. The van der Waals surface area contributed by atoms with Crippen LogP contribution in [0.1, 0.15) is 62.5 Å². The van der Waals surface area contributed by atoms with E-state index in [2.05, 4.69) is 34.5 Å². The summed E-state index contributed by atoms with van der Waals surface area (Å²) in [4.78, 5) is 14.5. The van der Waals surface area contributed by atoms with Crippen LogP contribution in [0, 0.1) is 5.92 Å². The van der Waals surface area contributed by atoms with Crippen molar-refractivity contribution >= 4 is 5.91 Å². The number of morpholine rings is 1. The van der Waals surface area contributed by atoms with Gasteiger partial charge in [-0.05, 0) is 29.9 Å². The van der Waals surface area contributed by atoms with Crippen LogP contribution in [0.4, 0.5) is 0 Å². The molecule has 0 aromatic heterocycles. The third kappa shape index (κ3) is 6.73. The lowest BCUT2D eigenvalue weighted by atomic mass is 9.86. The fraction of sp³-hybridized carbons (Fsp3) is 0.682. The molecule has 0 unspecified atom stereocenters. The van der Waals surface area contributed by atoms with Gasteiger partial charge in [-0.25, -0.2) is 0 Å². The predicted octanol–water partition coefficient (Wildman–Crippen LogP) is 3.89. The van der Waals surface area contributed by atoms with E-state index < -0.39 is 0 Å². The molecule has 144 valence electrons. The number of rotatable bonds is 8. The topological polar surface area (TPSA) is 41.6 Å². The molecular weight excluding hydrogens is 324 g/mol. The third-order valence-corrected chi connectivity index (χ3v) is 5.73. The van der Waals surface area contributed by atoms with Crippen molar-refractivity contribution in [1.82, 2.24) is 10.2 Å². The van der Waals surface area contributed by atoms with E-state index in [-0.39, 0.29) is 5.91 Å². The van der Waals surface area contributed by atoms with Gasteiger partial charge in [0, 0.05) is 32.6 Å². The van der Waals surface area contributed by atoms with E-state index in [1.807, 2.05) is 0 Å². The van der Waals surface area contributed by atoms with Crippen LogP contribution in [0.2, 0.25) is 0 Å². The molecule has 1 heterocycles. The van der Waals surface area contributed by atoms with Crippen LogP contribution in [0.25, 0.3) is 0 Å². The van der Waals surface area contributed by atoms with Gasteiger partial charge in [-0.1, -0.05) is 56.4 Å². The number of benzene rings is 1. The van der Waals surface area contributed by atoms with Gasteiger partial charge in [0.15, 0.2) is 0 Å². The maximum Gasteiger partial charge on any atom is 0.220 e. The number of nitrogens with one attached hydrogen (secondary N) is 1. The number of amides is 1. The van der Waals surface area contributed by atoms with Crippen LogP contribution in [0.15, 0.2) is 24.3 Å². The van der Waals surface area contributed by atoms with Crippen molar-refractivity contribution in [3.63, 3.8) is 0 Å². The monoisotopic (exact) mass is 358 g/mol. The Morgan fingerprint density at radius 1 is 1.12 bits per heavy atom. The summed E-state index contributed by atoms with van der Waals surface area (Å²) in [6, 6.07) is 8.59. The van der Waals surface area contributed by atoms with E-state index in [4.69, 9.17) is 4.74 Å².